The zero-order valence-electron chi connectivity index (χ0n) is 20.7. The highest BCUT2D eigenvalue weighted by Gasteiger charge is 2.68. The van der Waals surface area contributed by atoms with Gasteiger partial charge in [-0.3, -0.25) is 0 Å². The first-order valence-corrected chi connectivity index (χ1v) is 12.1. The van der Waals surface area contributed by atoms with Crippen molar-refractivity contribution in [1.29, 1.82) is 0 Å². The lowest BCUT2D eigenvalue weighted by Crippen LogP contribution is -2.81. The lowest BCUT2D eigenvalue weighted by molar-refractivity contribution is -0.482. The highest BCUT2D eigenvalue weighted by molar-refractivity contribution is 5.27. The maximum Gasteiger partial charge on any atom is 0.249 e. The van der Waals surface area contributed by atoms with E-state index >= 15 is 0 Å². The van der Waals surface area contributed by atoms with E-state index in [1.54, 1.807) is 28.1 Å². The van der Waals surface area contributed by atoms with E-state index in [1.807, 2.05) is 24.3 Å². The van der Waals surface area contributed by atoms with Crippen LogP contribution in [0.15, 0.2) is 24.3 Å². The van der Waals surface area contributed by atoms with Gasteiger partial charge in [0.25, 0.3) is 0 Å². The van der Waals surface area contributed by atoms with Gasteiger partial charge in [0.05, 0.1) is 31.4 Å². The van der Waals surface area contributed by atoms with Crippen LogP contribution in [0.5, 0.6) is 5.75 Å². The van der Waals surface area contributed by atoms with Crippen LogP contribution in [0.1, 0.15) is 18.9 Å². The molecule has 11 nitrogen and oxygen atoms in total. The summed E-state index contributed by atoms with van der Waals surface area (Å²) in [5.74, 6) is -1.43. The standard InChI is InChI=1S/C24H39N3O8/c1-13-11-23(30,12-27-10-9-14-5-7-15(32-4)8-6-14)24(31)22(33-13)34-21-19(29)16(25-2)18(28)17(26-3)20(21)35-24/h5-8,13,16-22,25-31H,9-12H2,1-4H3/t13-,16-,17+,18+,19+,20-,21?,22+,23-,24-/m1/s1. The summed E-state index contributed by atoms with van der Waals surface area (Å²) >= 11 is 0. The zero-order chi connectivity index (χ0) is 25.4. The summed E-state index contributed by atoms with van der Waals surface area (Å²) in [5.41, 5.74) is -0.641. The van der Waals surface area contributed by atoms with Crippen LogP contribution in [0.3, 0.4) is 0 Å². The minimum Gasteiger partial charge on any atom is -0.497 e. The zero-order valence-corrected chi connectivity index (χ0v) is 20.7. The molecule has 0 spiro atoms. The Bertz CT molecular complexity index is 847. The van der Waals surface area contributed by atoms with Gasteiger partial charge in [-0.25, -0.2) is 0 Å². The summed E-state index contributed by atoms with van der Waals surface area (Å²) in [6, 6.07) is 6.39. The largest absolute Gasteiger partial charge is 0.497 e. The van der Waals surface area contributed by atoms with Crippen molar-refractivity contribution < 1.29 is 39.4 Å². The van der Waals surface area contributed by atoms with Crippen LogP contribution in [-0.2, 0) is 20.6 Å². The first kappa shape index (κ1) is 26.7. The van der Waals surface area contributed by atoms with Crippen LogP contribution in [0.25, 0.3) is 0 Å². The quantitative estimate of drug-likeness (QED) is 0.201. The van der Waals surface area contributed by atoms with E-state index in [1.165, 1.54) is 0 Å². The second-order valence-corrected chi connectivity index (χ2v) is 9.78. The fraction of sp³-hybridized carbons (Fsp3) is 0.750. The third-order valence-electron chi connectivity index (χ3n) is 7.52. The first-order chi connectivity index (χ1) is 16.7. The number of hydrogen-bond donors (Lipinski definition) is 7. The Labute approximate surface area is 205 Å². The normalized spacial score (nSPS) is 43.3. The average Bonchev–Trinajstić information content (AvgIpc) is 2.83. The van der Waals surface area contributed by atoms with E-state index in [4.69, 9.17) is 18.9 Å². The van der Waals surface area contributed by atoms with E-state index in [0.29, 0.717) is 13.0 Å². The molecule has 35 heavy (non-hydrogen) atoms. The van der Waals surface area contributed by atoms with Crippen molar-refractivity contribution in [3.63, 3.8) is 0 Å². The van der Waals surface area contributed by atoms with Gasteiger partial charge in [0.1, 0.15) is 29.7 Å². The number of benzene rings is 1. The topological polar surface area (TPSA) is 154 Å². The SMILES string of the molecule is CN[C@@H]1[C@H](O)[C@H](NC)[C@H]2O[C@]3(O)[C@H](OC2[C@H]1O)O[C@H](C)C[C@@]3(O)CNCCc1ccc(OC)cc1. The Morgan fingerprint density at radius 2 is 1.69 bits per heavy atom. The molecule has 1 unspecified atom stereocenters. The summed E-state index contributed by atoms with van der Waals surface area (Å²) in [5, 5.41) is 54.1. The molecule has 0 aromatic heterocycles. The van der Waals surface area contributed by atoms with Gasteiger partial charge in [-0.1, -0.05) is 12.1 Å². The van der Waals surface area contributed by atoms with Gasteiger partial charge in [-0.05, 0) is 51.7 Å². The Morgan fingerprint density at radius 3 is 2.31 bits per heavy atom. The maximum atomic E-state index is 11.7. The molecule has 7 N–H and O–H groups in total. The van der Waals surface area contributed by atoms with E-state index in [-0.39, 0.29) is 13.0 Å². The number of likely N-dealkylation sites (N-methyl/N-ethyl adjacent to an activating group) is 2. The Balaban J connectivity index is 1.48. The molecule has 3 aliphatic rings. The van der Waals surface area contributed by atoms with Gasteiger partial charge in [-0.15, -0.1) is 0 Å². The summed E-state index contributed by atoms with van der Waals surface area (Å²) in [4.78, 5) is 0. The molecule has 1 aromatic carbocycles. The average molecular weight is 498 g/mol. The number of nitrogens with one attached hydrogen (secondary N) is 3. The second kappa shape index (κ2) is 10.5. The summed E-state index contributed by atoms with van der Waals surface area (Å²) in [7, 11) is 4.91. The maximum absolute atomic E-state index is 11.7. The van der Waals surface area contributed by atoms with Crippen molar-refractivity contribution in [2.45, 2.75) is 80.0 Å². The molecule has 1 aromatic rings. The van der Waals surface area contributed by atoms with Crippen molar-refractivity contribution in [2.75, 3.05) is 34.3 Å². The predicted molar refractivity (Wildman–Crippen MR) is 126 cm³/mol. The van der Waals surface area contributed by atoms with Crippen LogP contribution < -0.4 is 20.7 Å². The predicted octanol–water partition coefficient (Wildman–Crippen LogP) is -1.92. The van der Waals surface area contributed by atoms with Crippen molar-refractivity contribution in [2.24, 2.45) is 0 Å². The molecule has 1 aliphatic carbocycles. The molecular weight excluding hydrogens is 458 g/mol. The highest BCUT2D eigenvalue weighted by atomic mass is 16.8. The number of rotatable bonds is 8. The van der Waals surface area contributed by atoms with Crippen LogP contribution >= 0.6 is 0 Å². The lowest BCUT2D eigenvalue weighted by atomic mass is 9.77. The fourth-order valence-corrected chi connectivity index (χ4v) is 5.55. The van der Waals surface area contributed by atoms with Gasteiger partial charge < -0.3 is 55.3 Å². The molecule has 2 aliphatic heterocycles. The minimum absolute atomic E-state index is 0.0269. The Hall–Kier alpha value is -1.38. The van der Waals surface area contributed by atoms with Crippen molar-refractivity contribution in [3.8, 4) is 5.75 Å². The van der Waals surface area contributed by atoms with Gasteiger partial charge >= 0.3 is 0 Å². The molecule has 0 radical (unpaired) electrons. The van der Waals surface area contributed by atoms with E-state index in [2.05, 4.69) is 16.0 Å². The third kappa shape index (κ3) is 4.82. The molecule has 1 saturated carbocycles. The van der Waals surface area contributed by atoms with Gasteiger partial charge in [0.2, 0.25) is 12.1 Å². The number of aliphatic hydroxyl groups excluding tert-OH is 2. The minimum atomic E-state index is -2.21. The number of hydrogen-bond acceptors (Lipinski definition) is 11. The van der Waals surface area contributed by atoms with Gasteiger partial charge in [0, 0.05) is 13.0 Å². The molecule has 11 heteroatoms. The molecule has 0 amide bonds. The lowest BCUT2D eigenvalue weighted by Gasteiger charge is -2.60. The van der Waals surface area contributed by atoms with Crippen molar-refractivity contribution in [1.82, 2.24) is 16.0 Å². The molecule has 3 fully saturated rings. The number of aliphatic hydroxyl groups is 4. The van der Waals surface area contributed by atoms with Crippen LogP contribution in [0.4, 0.5) is 0 Å². The first-order valence-electron chi connectivity index (χ1n) is 12.1. The van der Waals surface area contributed by atoms with Crippen molar-refractivity contribution >= 4 is 0 Å². The summed E-state index contributed by atoms with van der Waals surface area (Å²) in [6.45, 7) is 2.36. The van der Waals surface area contributed by atoms with Crippen molar-refractivity contribution in [3.05, 3.63) is 29.8 Å². The third-order valence-corrected chi connectivity index (χ3v) is 7.52. The van der Waals surface area contributed by atoms with Gasteiger partial charge in [-0.2, -0.15) is 0 Å². The second-order valence-electron chi connectivity index (χ2n) is 9.78. The summed E-state index contributed by atoms with van der Waals surface area (Å²) < 4.78 is 23.2. The van der Waals surface area contributed by atoms with E-state index in [9.17, 15) is 20.4 Å². The van der Waals surface area contributed by atoms with E-state index in [0.717, 1.165) is 11.3 Å². The highest BCUT2D eigenvalue weighted by Crippen LogP contribution is 2.46. The molecule has 2 heterocycles. The van der Waals surface area contributed by atoms with Crippen LogP contribution in [-0.4, -0.2) is 115 Å². The summed E-state index contributed by atoms with van der Waals surface area (Å²) in [6.07, 6.45) is -4.90. The van der Waals surface area contributed by atoms with Crippen LogP contribution in [0.2, 0.25) is 0 Å². The molecular formula is C24H39N3O8. The Morgan fingerprint density at radius 1 is 1.00 bits per heavy atom. The monoisotopic (exact) mass is 497 g/mol. The number of methoxy groups -OCH3 is 1. The fourth-order valence-electron chi connectivity index (χ4n) is 5.55. The van der Waals surface area contributed by atoms with E-state index < -0.39 is 60.3 Å². The van der Waals surface area contributed by atoms with Crippen LogP contribution in [0, 0.1) is 0 Å². The molecule has 198 valence electrons. The number of fused-ring (bicyclic) bond motifs is 2. The molecule has 4 rings (SSSR count). The number of ether oxygens (including phenoxy) is 4. The molecule has 2 saturated heterocycles. The van der Waals surface area contributed by atoms with Gasteiger partial charge in [0.15, 0.2) is 0 Å². The smallest absolute Gasteiger partial charge is 0.249 e. The Kier molecular flexibility index (Phi) is 8.04. The molecule has 10 atom stereocenters. The molecule has 0 bridgehead atoms.